The second-order valence-corrected chi connectivity index (χ2v) is 5.62. The number of nitrogen functional groups attached to an aromatic ring is 1. The molecule has 1 heterocycles. The maximum absolute atomic E-state index is 11.6. The Morgan fingerprint density at radius 2 is 2.04 bits per heavy atom. The van der Waals surface area contributed by atoms with Crippen molar-refractivity contribution in [3.63, 3.8) is 0 Å². The first-order valence-corrected chi connectivity index (χ1v) is 7.84. The summed E-state index contributed by atoms with van der Waals surface area (Å²) < 4.78 is 5.96. The molecule has 0 unspecified atom stereocenters. The maximum atomic E-state index is 11.6. The Kier molecular flexibility index (Phi) is 4.35. The number of hydrogen-bond donors (Lipinski definition) is 2. The molecule has 0 amide bonds. The minimum atomic E-state index is 0.352. The van der Waals surface area contributed by atoms with Crippen LogP contribution in [0.5, 0.6) is 0 Å². The number of aldehydes is 1. The first-order chi connectivity index (χ1) is 12.1. The monoisotopic (exact) mass is 330 g/mol. The lowest BCUT2D eigenvalue weighted by atomic mass is 9.89. The smallest absolute Gasteiger partial charge is 0.150 e. The summed E-state index contributed by atoms with van der Waals surface area (Å²) >= 11 is 0. The molecule has 0 bridgehead atoms. The zero-order valence-corrected chi connectivity index (χ0v) is 13.9. The van der Waals surface area contributed by atoms with E-state index in [9.17, 15) is 4.79 Å². The number of nitrogens with one attached hydrogen (secondary N) is 1. The Balaban J connectivity index is 2.50. The molecule has 2 aliphatic rings. The molecule has 4 nitrogen and oxygen atoms in total. The average molecular weight is 330 g/mol. The van der Waals surface area contributed by atoms with Gasteiger partial charge in [0.25, 0.3) is 0 Å². The van der Waals surface area contributed by atoms with E-state index < -0.39 is 0 Å². The molecule has 1 aliphatic heterocycles. The van der Waals surface area contributed by atoms with Gasteiger partial charge in [0.05, 0.1) is 5.36 Å². The van der Waals surface area contributed by atoms with Crippen molar-refractivity contribution in [1.29, 1.82) is 5.41 Å². The molecular formula is C21H18N2O2. The van der Waals surface area contributed by atoms with Crippen molar-refractivity contribution in [2.45, 2.75) is 6.92 Å². The minimum absolute atomic E-state index is 0.352. The summed E-state index contributed by atoms with van der Waals surface area (Å²) in [5.41, 5.74) is 10.1. The van der Waals surface area contributed by atoms with Crippen LogP contribution in [0, 0.1) is 5.41 Å². The van der Waals surface area contributed by atoms with E-state index in [1.165, 1.54) is 0 Å². The third-order valence-corrected chi connectivity index (χ3v) is 4.04. The Bertz CT molecular complexity index is 1070. The highest BCUT2D eigenvalue weighted by molar-refractivity contribution is 6.08. The molecule has 25 heavy (non-hydrogen) atoms. The van der Waals surface area contributed by atoms with Crippen LogP contribution < -0.4 is 11.1 Å². The number of fused-ring (bicyclic) bond motifs is 2. The van der Waals surface area contributed by atoms with Crippen molar-refractivity contribution >= 4 is 28.5 Å². The van der Waals surface area contributed by atoms with Gasteiger partial charge in [0.2, 0.25) is 0 Å². The van der Waals surface area contributed by atoms with Crippen molar-refractivity contribution in [3.8, 4) is 11.3 Å². The van der Waals surface area contributed by atoms with E-state index in [-0.39, 0.29) is 0 Å². The topological polar surface area (TPSA) is 80.1 Å². The number of carbonyl (C=O) groups excluding carboxylic acids is 1. The zero-order chi connectivity index (χ0) is 18.0. The van der Waals surface area contributed by atoms with E-state index >= 15 is 0 Å². The lowest BCUT2D eigenvalue weighted by molar-refractivity contribution is -0.104. The van der Waals surface area contributed by atoms with Gasteiger partial charge in [0.1, 0.15) is 11.3 Å². The summed E-state index contributed by atoms with van der Waals surface area (Å²) in [7, 11) is 0. The van der Waals surface area contributed by atoms with Gasteiger partial charge in [-0.1, -0.05) is 24.8 Å². The largest absolute Gasteiger partial charge is 0.456 e. The van der Waals surface area contributed by atoms with Crippen molar-refractivity contribution in [1.82, 2.24) is 0 Å². The van der Waals surface area contributed by atoms with E-state index in [0.29, 0.717) is 28.0 Å². The summed E-state index contributed by atoms with van der Waals surface area (Å²) in [6.45, 7) is 5.57. The van der Waals surface area contributed by atoms with Gasteiger partial charge >= 0.3 is 0 Å². The number of benzene rings is 2. The fourth-order valence-corrected chi connectivity index (χ4v) is 2.97. The van der Waals surface area contributed by atoms with Crippen molar-refractivity contribution < 1.29 is 9.21 Å². The predicted molar refractivity (Wildman–Crippen MR) is 101 cm³/mol. The highest BCUT2D eigenvalue weighted by Crippen LogP contribution is 2.39. The fourth-order valence-electron chi connectivity index (χ4n) is 2.97. The van der Waals surface area contributed by atoms with Crippen molar-refractivity contribution in [2.75, 3.05) is 5.73 Å². The molecule has 4 heteroatoms. The molecule has 1 aromatic rings. The van der Waals surface area contributed by atoms with E-state index in [1.54, 1.807) is 36.4 Å². The Morgan fingerprint density at radius 3 is 2.72 bits per heavy atom. The third-order valence-electron chi connectivity index (χ3n) is 4.04. The Morgan fingerprint density at radius 1 is 1.24 bits per heavy atom. The molecule has 124 valence electrons. The highest BCUT2D eigenvalue weighted by Gasteiger charge is 2.20. The molecule has 0 spiro atoms. The van der Waals surface area contributed by atoms with Gasteiger partial charge in [-0.05, 0) is 36.8 Å². The molecule has 0 radical (unpaired) electrons. The molecule has 0 saturated carbocycles. The number of nitrogens with two attached hydrogens (primary N) is 1. The van der Waals surface area contributed by atoms with Crippen molar-refractivity contribution in [2.24, 2.45) is 0 Å². The van der Waals surface area contributed by atoms with E-state index in [0.717, 1.165) is 28.4 Å². The highest BCUT2D eigenvalue weighted by atomic mass is 16.3. The molecule has 3 rings (SSSR count). The molecular weight excluding hydrogens is 312 g/mol. The molecule has 0 atom stereocenters. The predicted octanol–water partition coefficient (Wildman–Crippen LogP) is 4.31. The fraction of sp³-hybridized carbons (Fsp3) is 0.0476. The number of carbonyl (C=O) groups is 1. The zero-order valence-electron chi connectivity index (χ0n) is 13.9. The number of hydrogen-bond acceptors (Lipinski definition) is 4. The van der Waals surface area contributed by atoms with Gasteiger partial charge in [0.15, 0.2) is 6.29 Å². The van der Waals surface area contributed by atoms with Crippen LogP contribution in [0.15, 0.2) is 71.2 Å². The van der Waals surface area contributed by atoms with Crippen LogP contribution in [0.3, 0.4) is 0 Å². The third kappa shape index (κ3) is 2.90. The lowest BCUT2D eigenvalue weighted by Gasteiger charge is -2.17. The van der Waals surface area contributed by atoms with Gasteiger partial charge in [-0.2, -0.15) is 0 Å². The summed E-state index contributed by atoms with van der Waals surface area (Å²) in [5, 5.41) is 9.06. The molecule has 3 N–H and O–H groups in total. The number of allylic oxidation sites excluding steroid dienone is 5. The normalized spacial score (nSPS) is 12.5. The molecule has 0 fully saturated rings. The van der Waals surface area contributed by atoms with Gasteiger partial charge < -0.3 is 15.6 Å². The first-order valence-electron chi connectivity index (χ1n) is 7.84. The SMILES string of the molecule is C=C/C=C(C=O)\C(=C/C)c1c2ccc(=N)cc-2oc2cc(N)ccc12. The summed E-state index contributed by atoms with van der Waals surface area (Å²) in [6, 6.07) is 10.6. The van der Waals surface area contributed by atoms with Crippen LogP contribution >= 0.6 is 0 Å². The quantitative estimate of drug-likeness (QED) is 0.246. The minimum Gasteiger partial charge on any atom is -0.456 e. The Hall–Kier alpha value is -3.40. The standard InChI is InChI=1S/C21H18N2O2/c1-3-5-13(12-24)16(4-2)21-17-8-6-14(22)10-19(17)25-20-11-15(23)7-9-18(20)21/h3-12,22H,1,23H2,2H3/b13-5-,16-4+,22-14?. The average Bonchev–Trinajstić information content (AvgIpc) is 2.60. The van der Waals surface area contributed by atoms with Crippen LogP contribution in [0.2, 0.25) is 0 Å². The molecule has 0 aromatic heterocycles. The van der Waals surface area contributed by atoms with Crippen LogP contribution in [0.25, 0.3) is 27.9 Å². The van der Waals surface area contributed by atoms with Crippen molar-refractivity contribution in [3.05, 3.63) is 77.7 Å². The van der Waals surface area contributed by atoms with Gasteiger partial charge in [-0.15, -0.1) is 0 Å². The molecule has 1 aliphatic carbocycles. The lowest BCUT2D eigenvalue weighted by Crippen LogP contribution is -2.03. The van der Waals surface area contributed by atoms with E-state index in [1.807, 2.05) is 25.1 Å². The number of anilines is 1. The van der Waals surface area contributed by atoms with Gasteiger partial charge in [-0.3, -0.25) is 4.79 Å². The second-order valence-electron chi connectivity index (χ2n) is 5.62. The maximum Gasteiger partial charge on any atom is 0.150 e. The van der Waals surface area contributed by atoms with Crippen LogP contribution in [0.4, 0.5) is 5.69 Å². The van der Waals surface area contributed by atoms with Crippen LogP contribution in [-0.2, 0) is 4.79 Å². The summed E-state index contributed by atoms with van der Waals surface area (Å²) in [6.07, 6.45) is 5.98. The molecule has 1 aromatic carbocycles. The van der Waals surface area contributed by atoms with Gasteiger partial charge in [-0.25, -0.2) is 0 Å². The molecule has 0 saturated heterocycles. The van der Waals surface area contributed by atoms with Crippen LogP contribution in [0.1, 0.15) is 12.5 Å². The van der Waals surface area contributed by atoms with E-state index in [4.69, 9.17) is 15.6 Å². The second kappa shape index (κ2) is 6.61. The number of rotatable bonds is 4. The summed E-state index contributed by atoms with van der Waals surface area (Å²) in [5.74, 6) is 0.573. The van der Waals surface area contributed by atoms with Crippen LogP contribution in [-0.4, -0.2) is 6.29 Å². The van der Waals surface area contributed by atoms with Gasteiger partial charge in [0, 0.05) is 39.9 Å². The summed E-state index contributed by atoms with van der Waals surface area (Å²) in [4.78, 5) is 11.6. The first kappa shape index (κ1) is 16.5. The van der Waals surface area contributed by atoms with E-state index in [2.05, 4.69) is 6.58 Å². The Labute approximate surface area is 145 Å².